The lowest BCUT2D eigenvalue weighted by molar-refractivity contribution is 0.324. The summed E-state index contributed by atoms with van der Waals surface area (Å²) in [4.78, 5) is 21.4. The lowest BCUT2D eigenvalue weighted by Crippen LogP contribution is -2.25. The Balaban J connectivity index is 0.00000529. The molecule has 0 aliphatic rings. The van der Waals surface area contributed by atoms with Crippen LogP contribution in [-0.2, 0) is 6.42 Å². The standard InChI is InChI=1S/C17H31N3O2S.ClH/c1-4-7-8-9-10-11-14-15(21)18-17(19-16(14)22)23-13-12-20(5-2)6-3;/h4-13H2,1-3H3,(H2,18,19,21,22);1H. The Bertz CT molecular complexity index is 507. The van der Waals surface area contributed by atoms with Crippen molar-refractivity contribution < 1.29 is 5.11 Å². The van der Waals surface area contributed by atoms with Gasteiger partial charge in [-0.25, -0.2) is 0 Å². The van der Waals surface area contributed by atoms with Crippen molar-refractivity contribution in [2.24, 2.45) is 0 Å². The normalized spacial score (nSPS) is 10.8. The molecule has 0 atom stereocenters. The number of nitrogens with one attached hydrogen (secondary N) is 1. The summed E-state index contributed by atoms with van der Waals surface area (Å²) >= 11 is 1.48. The molecule has 0 spiro atoms. The Morgan fingerprint density at radius 1 is 1.12 bits per heavy atom. The Morgan fingerprint density at radius 2 is 1.79 bits per heavy atom. The zero-order chi connectivity index (χ0) is 17.1. The second-order valence-electron chi connectivity index (χ2n) is 5.71. The van der Waals surface area contributed by atoms with Gasteiger partial charge in [0, 0.05) is 12.3 Å². The van der Waals surface area contributed by atoms with Crippen molar-refractivity contribution in [3.8, 4) is 5.88 Å². The first-order valence-electron chi connectivity index (χ1n) is 8.79. The SMILES string of the molecule is CCCCCCCc1c(O)nc(SCCN(CC)CC)[nH]c1=O.Cl. The van der Waals surface area contributed by atoms with Crippen molar-refractivity contribution >= 4 is 24.2 Å². The van der Waals surface area contributed by atoms with Crippen molar-refractivity contribution in [1.82, 2.24) is 14.9 Å². The van der Waals surface area contributed by atoms with Gasteiger partial charge in [-0.1, -0.05) is 58.2 Å². The highest BCUT2D eigenvalue weighted by molar-refractivity contribution is 7.99. The van der Waals surface area contributed by atoms with Crippen molar-refractivity contribution in [2.45, 2.75) is 64.5 Å². The number of halogens is 1. The van der Waals surface area contributed by atoms with Gasteiger partial charge in [-0.2, -0.15) is 4.98 Å². The molecule has 24 heavy (non-hydrogen) atoms. The van der Waals surface area contributed by atoms with Crippen LogP contribution >= 0.6 is 24.2 Å². The summed E-state index contributed by atoms with van der Waals surface area (Å²) in [5.41, 5.74) is 0.230. The minimum Gasteiger partial charge on any atom is -0.493 e. The van der Waals surface area contributed by atoms with E-state index >= 15 is 0 Å². The molecule has 5 nitrogen and oxygen atoms in total. The third-order valence-electron chi connectivity index (χ3n) is 4.04. The molecule has 0 bridgehead atoms. The van der Waals surface area contributed by atoms with Crippen molar-refractivity contribution in [1.29, 1.82) is 0 Å². The van der Waals surface area contributed by atoms with Gasteiger partial charge in [-0.15, -0.1) is 12.4 Å². The Kier molecular flexibility index (Phi) is 13.2. The molecule has 1 aromatic heterocycles. The number of aromatic nitrogens is 2. The van der Waals surface area contributed by atoms with Gasteiger partial charge in [0.2, 0.25) is 5.88 Å². The zero-order valence-corrected chi connectivity index (χ0v) is 16.8. The largest absolute Gasteiger partial charge is 0.493 e. The minimum absolute atomic E-state index is 0. The topological polar surface area (TPSA) is 69.2 Å². The zero-order valence-electron chi connectivity index (χ0n) is 15.1. The molecule has 2 N–H and O–H groups in total. The molecular formula is C17H32ClN3O2S. The molecule has 0 aromatic carbocycles. The number of nitrogens with zero attached hydrogens (tertiary/aromatic N) is 2. The number of hydrogen-bond donors (Lipinski definition) is 2. The number of H-pyrrole nitrogens is 1. The molecule has 0 fully saturated rings. The van der Waals surface area contributed by atoms with E-state index in [0.29, 0.717) is 17.1 Å². The molecule has 1 rings (SSSR count). The van der Waals surface area contributed by atoms with Gasteiger partial charge >= 0.3 is 0 Å². The first-order chi connectivity index (χ1) is 11.1. The number of rotatable bonds is 12. The first-order valence-corrected chi connectivity index (χ1v) is 9.78. The van der Waals surface area contributed by atoms with Gasteiger partial charge in [0.05, 0.1) is 5.56 Å². The predicted molar refractivity (Wildman–Crippen MR) is 105 cm³/mol. The molecule has 0 unspecified atom stereocenters. The monoisotopic (exact) mass is 377 g/mol. The maximum atomic E-state index is 12.1. The highest BCUT2D eigenvalue weighted by Crippen LogP contribution is 2.18. The van der Waals surface area contributed by atoms with Crippen LogP contribution in [0.4, 0.5) is 0 Å². The fourth-order valence-corrected chi connectivity index (χ4v) is 3.33. The van der Waals surface area contributed by atoms with Gasteiger partial charge in [0.25, 0.3) is 5.56 Å². The maximum Gasteiger partial charge on any atom is 0.258 e. The summed E-state index contributed by atoms with van der Waals surface area (Å²) in [6.45, 7) is 9.43. The van der Waals surface area contributed by atoms with Gasteiger partial charge in [0.15, 0.2) is 5.16 Å². The molecule has 0 saturated carbocycles. The lowest BCUT2D eigenvalue weighted by Gasteiger charge is -2.17. The highest BCUT2D eigenvalue weighted by Gasteiger charge is 2.11. The number of hydrogen-bond acceptors (Lipinski definition) is 5. The van der Waals surface area contributed by atoms with Gasteiger partial charge < -0.3 is 15.0 Å². The van der Waals surface area contributed by atoms with E-state index in [9.17, 15) is 9.90 Å². The van der Waals surface area contributed by atoms with Crippen LogP contribution < -0.4 is 5.56 Å². The van der Waals surface area contributed by atoms with Crippen molar-refractivity contribution in [3.05, 3.63) is 15.9 Å². The Morgan fingerprint density at radius 3 is 2.38 bits per heavy atom. The average molecular weight is 378 g/mol. The molecule has 0 aliphatic carbocycles. The quantitative estimate of drug-likeness (QED) is 0.329. The van der Waals surface area contributed by atoms with Crippen LogP contribution in [-0.4, -0.2) is 45.4 Å². The molecule has 7 heteroatoms. The fourth-order valence-electron chi connectivity index (χ4n) is 2.48. The van der Waals surface area contributed by atoms with Crippen molar-refractivity contribution in [3.63, 3.8) is 0 Å². The molecule has 0 aliphatic heterocycles. The number of unbranched alkanes of at least 4 members (excludes halogenated alkanes) is 4. The van der Waals surface area contributed by atoms with Crippen LogP contribution in [0.2, 0.25) is 0 Å². The summed E-state index contributed by atoms with van der Waals surface area (Å²) in [7, 11) is 0. The number of thioether (sulfide) groups is 1. The Hall–Kier alpha value is -0.720. The predicted octanol–water partition coefficient (Wildman–Crippen LogP) is 3.84. The van der Waals surface area contributed by atoms with Crippen LogP contribution in [0, 0.1) is 0 Å². The highest BCUT2D eigenvalue weighted by atomic mass is 35.5. The van der Waals surface area contributed by atoms with E-state index in [0.717, 1.165) is 38.2 Å². The summed E-state index contributed by atoms with van der Waals surface area (Å²) in [6.07, 6.45) is 6.22. The third kappa shape index (κ3) is 8.40. The minimum atomic E-state index is -0.196. The van der Waals surface area contributed by atoms with E-state index in [-0.39, 0.29) is 23.8 Å². The summed E-state index contributed by atoms with van der Waals surface area (Å²) < 4.78 is 0. The molecule has 1 aromatic rings. The molecular weight excluding hydrogens is 346 g/mol. The molecule has 0 amide bonds. The molecule has 0 saturated heterocycles. The van der Waals surface area contributed by atoms with E-state index in [1.807, 2.05) is 0 Å². The first kappa shape index (κ1) is 23.3. The molecule has 1 heterocycles. The lowest BCUT2D eigenvalue weighted by atomic mass is 10.1. The molecule has 0 radical (unpaired) electrons. The fraction of sp³-hybridized carbons (Fsp3) is 0.765. The second-order valence-corrected chi connectivity index (χ2v) is 6.80. The Labute approximate surface area is 156 Å². The average Bonchev–Trinajstić information content (AvgIpc) is 2.53. The third-order valence-corrected chi connectivity index (χ3v) is 4.90. The van der Waals surface area contributed by atoms with Gasteiger partial charge in [-0.05, 0) is 25.9 Å². The van der Waals surface area contributed by atoms with E-state index in [1.54, 1.807) is 0 Å². The summed E-state index contributed by atoms with van der Waals surface area (Å²) in [6, 6.07) is 0. The second kappa shape index (κ2) is 13.6. The van der Waals surface area contributed by atoms with Crippen LogP contribution in [0.1, 0.15) is 58.4 Å². The van der Waals surface area contributed by atoms with Gasteiger partial charge in [0.1, 0.15) is 0 Å². The van der Waals surface area contributed by atoms with Gasteiger partial charge in [-0.3, -0.25) is 4.79 Å². The smallest absolute Gasteiger partial charge is 0.258 e. The van der Waals surface area contributed by atoms with E-state index in [2.05, 4.69) is 35.6 Å². The van der Waals surface area contributed by atoms with Crippen LogP contribution in [0.3, 0.4) is 0 Å². The van der Waals surface area contributed by atoms with Crippen LogP contribution in [0.25, 0.3) is 0 Å². The number of aromatic hydroxyl groups is 1. The maximum absolute atomic E-state index is 12.1. The van der Waals surface area contributed by atoms with E-state index in [4.69, 9.17) is 0 Å². The summed E-state index contributed by atoms with van der Waals surface area (Å²) in [5.74, 6) is 0.745. The summed E-state index contributed by atoms with van der Waals surface area (Å²) in [5, 5.41) is 10.5. The van der Waals surface area contributed by atoms with E-state index in [1.165, 1.54) is 31.0 Å². The van der Waals surface area contributed by atoms with Crippen molar-refractivity contribution in [2.75, 3.05) is 25.4 Å². The van der Waals surface area contributed by atoms with E-state index < -0.39 is 0 Å². The van der Waals surface area contributed by atoms with Crippen LogP contribution in [0.15, 0.2) is 9.95 Å². The van der Waals surface area contributed by atoms with Crippen LogP contribution in [0.5, 0.6) is 5.88 Å². The molecule has 140 valence electrons. The number of aromatic amines is 1.